The Labute approximate surface area is 109 Å². The van der Waals surface area contributed by atoms with Crippen molar-refractivity contribution in [2.75, 3.05) is 0 Å². The first kappa shape index (κ1) is 12.6. The zero-order valence-electron chi connectivity index (χ0n) is 10.2. The van der Waals surface area contributed by atoms with Crippen LogP contribution in [0.5, 0.6) is 5.75 Å². The summed E-state index contributed by atoms with van der Waals surface area (Å²) in [6.07, 6.45) is 3.43. The van der Waals surface area contributed by atoms with Gasteiger partial charge in [0.15, 0.2) is 5.75 Å². The van der Waals surface area contributed by atoms with E-state index in [9.17, 15) is 4.79 Å². The number of aromatic carboxylic acids is 1. The maximum Gasteiger partial charge on any atom is 0.346 e. The Morgan fingerprint density at radius 2 is 2.39 bits per heavy atom. The molecule has 0 aliphatic rings. The van der Waals surface area contributed by atoms with Crippen LogP contribution in [-0.2, 0) is 6.61 Å². The fourth-order valence-electron chi connectivity index (χ4n) is 1.48. The van der Waals surface area contributed by atoms with Crippen LogP contribution in [0.15, 0.2) is 23.8 Å². The van der Waals surface area contributed by atoms with Crippen molar-refractivity contribution >= 4 is 17.3 Å². The van der Waals surface area contributed by atoms with E-state index in [1.54, 1.807) is 28.5 Å². The molecule has 0 aliphatic carbocycles. The lowest BCUT2D eigenvalue weighted by molar-refractivity contribution is 0.0699. The van der Waals surface area contributed by atoms with Gasteiger partial charge in [-0.3, -0.25) is 4.68 Å². The lowest BCUT2D eigenvalue weighted by Gasteiger charge is -2.04. The SMILES string of the molecule is CC(C)n1cc(OCc2ccsc2C(=O)O)cn1. The molecule has 96 valence electrons. The number of hydrogen-bond acceptors (Lipinski definition) is 4. The van der Waals surface area contributed by atoms with Crippen molar-refractivity contribution in [1.29, 1.82) is 0 Å². The molecule has 2 rings (SSSR count). The van der Waals surface area contributed by atoms with Crippen LogP contribution in [0.4, 0.5) is 0 Å². The van der Waals surface area contributed by atoms with Crippen molar-refractivity contribution in [3.63, 3.8) is 0 Å². The Balaban J connectivity index is 2.02. The van der Waals surface area contributed by atoms with Gasteiger partial charge in [0.1, 0.15) is 11.5 Å². The molecule has 2 aromatic rings. The standard InChI is InChI=1S/C12H14N2O3S/c1-8(2)14-6-10(5-13-14)17-7-9-3-4-18-11(9)12(15)16/h3-6,8H,7H2,1-2H3,(H,15,16). The van der Waals surface area contributed by atoms with E-state index in [0.29, 0.717) is 16.2 Å². The normalized spacial score (nSPS) is 10.8. The first-order chi connectivity index (χ1) is 8.58. The second kappa shape index (κ2) is 5.22. The Morgan fingerprint density at radius 1 is 1.61 bits per heavy atom. The van der Waals surface area contributed by atoms with E-state index in [0.717, 1.165) is 0 Å². The molecule has 0 aromatic carbocycles. The maximum absolute atomic E-state index is 10.9. The Kier molecular flexibility index (Phi) is 3.66. The molecule has 6 heteroatoms. The number of nitrogens with zero attached hydrogens (tertiary/aromatic N) is 2. The molecule has 0 amide bonds. The summed E-state index contributed by atoms with van der Waals surface area (Å²) in [4.78, 5) is 11.3. The lowest BCUT2D eigenvalue weighted by Crippen LogP contribution is -2.02. The highest BCUT2D eigenvalue weighted by atomic mass is 32.1. The van der Waals surface area contributed by atoms with E-state index in [1.165, 1.54) is 11.3 Å². The van der Waals surface area contributed by atoms with E-state index in [1.807, 2.05) is 13.8 Å². The third kappa shape index (κ3) is 2.70. The second-order valence-corrected chi connectivity index (χ2v) is 5.03. The smallest absolute Gasteiger partial charge is 0.346 e. The summed E-state index contributed by atoms with van der Waals surface area (Å²) in [5, 5.41) is 14.9. The van der Waals surface area contributed by atoms with Crippen LogP contribution in [0.2, 0.25) is 0 Å². The number of carboxylic acid groups (broad SMARTS) is 1. The summed E-state index contributed by atoms with van der Waals surface area (Å²) in [6, 6.07) is 2.04. The van der Waals surface area contributed by atoms with Crippen LogP contribution in [0.3, 0.4) is 0 Å². The molecule has 1 N–H and O–H groups in total. The van der Waals surface area contributed by atoms with E-state index in [4.69, 9.17) is 9.84 Å². The van der Waals surface area contributed by atoms with E-state index >= 15 is 0 Å². The molecule has 0 radical (unpaired) electrons. The van der Waals surface area contributed by atoms with Gasteiger partial charge in [-0.15, -0.1) is 11.3 Å². The van der Waals surface area contributed by atoms with Crippen molar-refractivity contribution in [3.8, 4) is 5.75 Å². The van der Waals surface area contributed by atoms with Gasteiger partial charge in [-0.05, 0) is 25.3 Å². The van der Waals surface area contributed by atoms with Gasteiger partial charge in [0.05, 0.1) is 12.4 Å². The molecule has 0 fully saturated rings. The average Bonchev–Trinajstić information content (AvgIpc) is 2.95. The van der Waals surface area contributed by atoms with Crippen molar-refractivity contribution in [2.45, 2.75) is 26.5 Å². The first-order valence-corrected chi connectivity index (χ1v) is 6.42. The number of ether oxygens (including phenoxy) is 1. The fraction of sp³-hybridized carbons (Fsp3) is 0.333. The van der Waals surface area contributed by atoms with E-state index in [2.05, 4.69) is 5.10 Å². The number of thiophene rings is 1. The van der Waals surface area contributed by atoms with Crippen LogP contribution in [0.1, 0.15) is 35.1 Å². The summed E-state index contributed by atoms with van der Waals surface area (Å²) in [5.74, 6) is -0.271. The van der Waals surface area contributed by atoms with E-state index in [-0.39, 0.29) is 12.6 Å². The minimum absolute atomic E-state index is 0.245. The number of hydrogen-bond donors (Lipinski definition) is 1. The maximum atomic E-state index is 10.9. The fourth-order valence-corrected chi connectivity index (χ4v) is 2.22. The average molecular weight is 266 g/mol. The van der Waals surface area contributed by atoms with Crippen LogP contribution in [0, 0.1) is 0 Å². The van der Waals surface area contributed by atoms with Crippen molar-refractivity contribution in [1.82, 2.24) is 9.78 Å². The van der Waals surface area contributed by atoms with Gasteiger partial charge < -0.3 is 9.84 Å². The van der Waals surface area contributed by atoms with Crippen molar-refractivity contribution < 1.29 is 14.6 Å². The number of rotatable bonds is 5. The third-order valence-corrected chi connectivity index (χ3v) is 3.39. The molecule has 0 aliphatic heterocycles. The highest BCUT2D eigenvalue weighted by Gasteiger charge is 2.12. The number of carbonyl (C=O) groups is 1. The minimum atomic E-state index is -0.915. The summed E-state index contributed by atoms with van der Waals surface area (Å²) in [7, 11) is 0. The molecule has 0 saturated heterocycles. The second-order valence-electron chi connectivity index (χ2n) is 4.12. The molecule has 0 unspecified atom stereocenters. The van der Waals surface area contributed by atoms with Crippen LogP contribution >= 0.6 is 11.3 Å². The highest BCUT2D eigenvalue weighted by Crippen LogP contribution is 2.20. The van der Waals surface area contributed by atoms with Crippen LogP contribution in [-0.4, -0.2) is 20.9 Å². The van der Waals surface area contributed by atoms with Crippen molar-refractivity contribution in [3.05, 3.63) is 34.3 Å². The molecule has 0 atom stereocenters. The predicted molar refractivity (Wildman–Crippen MR) is 68.2 cm³/mol. The molecule has 2 heterocycles. The molecule has 18 heavy (non-hydrogen) atoms. The largest absolute Gasteiger partial charge is 0.486 e. The van der Waals surface area contributed by atoms with Gasteiger partial charge in [-0.1, -0.05) is 0 Å². The van der Waals surface area contributed by atoms with E-state index < -0.39 is 5.97 Å². The van der Waals surface area contributed by atoms with Gasteiger partial charge in [0.2, 0.25) is 0 Å². The molecule has 2 aromatic heterocycles. The Hall–Kier alpha value is -1.82. The zero-order chi connectivity index (χ0) is 13.1. The summed E-state index contributed by atoms with van der Waals surface area (Å²) >= 11 is 1.20. The van der Waals surface area contributed by atoms with Crippen LogP contribution in [0.25, 0.3) is 0 Å². The monoisotopic (exact) mass is 266 g/mol. The molecular formula is C12H14N2O3S. The Morgan fingerprint density at radius 3 is 3.00 bits per heavy atom. The number of aromatic nitrogens is 2. The molecule has 0 bridgehead atoms. The summed E-state index contributed by atoms with van der Waals surface area (Å²) in [6.45, 7) is 4.30. The first-order valence-electron chi connectivity index (χ1n) is 5.54. The highest BCUT2D eigenvalue weighted by molar-refractivity contribution is 7.12. The van der Waals surface area contributed by atoms with Crippen LogP contribution < -0.4 is 4.74 Å². The third-order valence-electron chi connectivity index (χ3n) is 2.44. The topological polar surface area (TPSA) is 64.3 Å². The summed E-state index contributed by atoms with van der Waals surface area (Å²) < 4.78 is 7.32. The molecular weight excluding hydrogens is 252 g/mol. The quantitative estimate of drug-likeness (QED) is 0.903. The lowest BCUT2D eigenvalue weighted by atomic mass is 10.3. The van der Waals surface area contributed by atoms with Gasteiger partial charge in [0, 0.05) is 11.6 Å². The summed E-state index contributed by atoms with van der Waals surface area (Å²) in [5.41, 5.74) is 0.685. The van der Waals surface area contributed by atoms with Gasteiger partial charge in [-0.2, -0.15) is 5.10 Å². The van der Waals surface area contributed by atoms with Gasteiger partial charge >= 0.3 is 5.97 Å². The molecule has 0 spiro atoms. The van der Waals surface area contributed by atoms with Gasteiger partial charge in [0.25, 0.3) is 0 Å². The molecule has 5 nitrogen and oxygen atoms in total. The number of carboxylic acids is 1. The minimum Gasteiger partial charge on any atom is -0.486 e. The predicted octanol–water partition coefficient (Wildman–Crippen LogP) is 2.80. The Bertz CT molecular complexity index is 545. The zero-order valence-corrected chi connectivity index (χ0v) is 11.0. The van der Waals surface area contributed by atoms with Gasteiger partial charge in [-0.25, -0.2) is 4.79 Å². The molecule has 0 saturated carbocycles. The van der Waals surface area contributed by atoms with Crippen molar-refractivity contribution in [2.24, 2.45) is 0 Å².